The van der Waals surface area contributed by atoms with Crippen molar-refractivity contribution in [2.75, 3.05) is 13.6 Å². The quantitative estimate of drug-likeness (QED) is 0.530. The van der Waals surface area contributed by atoms with Crippen molar-refractivity contribution in [3.05, 3.63) is 23.3 Å². The molecular weight excluding hydrogens is 146 g/mol. The molecule has 0 N–H and O–H groups in total. The minimum absolute atomic E-state index is 0.644. The first kappa shape index (κ1) is 8.06. The summed E-state index contributed by atoms with van der Waals surface area (Å²) in [5, 5.41) is 0. The van der Waals surface area contributed by atoms with Gasteiger partial charge in [-0.2, -0.15) is 0 Å². The van der Waals surface area contributed by atoms with Crippen LogP contribution in [0.5, 0.6) is 0 Å². The smallest absolute Gasteiger partial charge is 0.0316 e. The Morgan fingerprint density at radius 2 is 2.25 bits per heavy atom. The summed E-state index contributed by atoms with van der Waals surface area (Å²) in [6.45, 7) is 3.55. The number of hydrogen-bond donors (Lipinski definition) is 0. The zero-order chi connectivity index (χ0) is 8.55. The average molecular weight is 163 g/mol. The monoisotopic (exact) mass is 163 g/mol. The fourth-order valence-electron chi connectivity index (χ4n) is 2.18. The van der Waals surface area contributed by atoms with Gasteiger partial charge in [0.25, 0.3) is 0 Å². The van der Waals surface area contributed by atoms with Crippen LogP contribution in [0.15, 0.2) is 23.3 Å². The SMILES string of the molecule is CC1C2=C(CCC=C2)CCN1C. The highest BCUT2D eigenvalue weighted by Gasteiger charge is 2.22. The molecule has 0 spiro atoms. The van der Waals surface area contributed by atoms with Crippen molar-refractivity contribution < 1.29 is 0 Å². The van der Waals surface area contributed by atoms with E-state index in [1.807, 2.05) is 0 Å². The predicted molar refractivity (Wildman–Crippen MR) is 52.1 cm³/mol. The third-order valence-corrected chi connectivity index (χ3v) is 3.20. The van der Waals surface area contributed by atoms with Crippen LogP contribution in [-0.4, -0.2) is 24.5 Å². The first-order valence-corrected chi connectivity index (χ1v) is 4.88. The molecule has 0 radical (unpaired) electrons. The maximum Gasteiger partial charge on any atom is 0.0316 e. The van der Waals surface area contributed by atoms with Crippen LogP contribution >= 0.6 is 0 Å². The molecule has 1 unspecified atom stereocenters. The Bertz CT molecular complexity index is 237. The van der Waals surface area contributed by atoms with E-state index in [1.165, 1.54) is 25.8 Å². The maximum absolute atomic E-state index is 2.44. The van der Waals surface area contributed by atoms with Gasteiger partial charge in [-0.25, -0.2) is 0 Å². The molecule has 1 nitrogen and oxygen atoms in total. The van der Waals surface area contributed by atoms with Crippen LogP contribution in [0, 0.1) is 0 Å². The Morgan fingerprint density at radius 1 is 1.42 bits per heavy atom. The third-order valence-electron chi connectivity index (χ3n) is 3.20. The summed E-state index contributed by atoms with van der Waals surface area (Å²) in [6.07, 6.45) is 8.51. The van der Waals surface area contributed by atoms with Gasteiger partial charge in [-0.1, -0.05) is 17.7 Å². The predicted octanol–water partition coefficient (Wildman–Crippen LogP) is 2.36. The molecule has 0 amide bonds. The van der Waals surface area contributed by atoms with E-state index in [2.05, 4.69) is 31.0 Å². The molecule has 0 aromatic carbocycles. The van der Waals surface area contributed by atoms with Gasteiger partial charge >= 0.3 is 0 Å². The van der Waals surface area contributed by atoms with Crippen molar-refractivity contribution in [2.24, 2.45) is 0 Å². The molecule has 1 aliphatic heterocycles. The summed E-state index contributed by atoms with van der Waals surface area (Å²) in [5.74, 6) is 0. The molecule has 0 aromatic heterocycles. The molecular formula is C11H17N. The van der Waals surface area contributed by atoms with Gasteiger partial charge in [-0.15, -0.1) is 0 Å². The Balaban J connectivity index is 2.28. The molecule has 66 valence electrons. The summed E-state index contributed by atoms with van der Waals surface area (Å²) in [6, 6.07) is 0.644. The standard InChI is InChI=1S/C11H17N/c1-9-11-6-4-3-5-10(11)7-8-12(9)2/h4,6,9H,3,5,7-8H2,1-2H3. The lowest BCUT2D eigenvalue weighted by atomic mass is 9.87. The normalized spacial score (nSPS) is 30.7. The third kappa shape index (κ3) is 1.22. The molecule has 0 saturated carbocycles. The summed E-state index contributed by atoms with van der Waals surface area (Å²) in [7, 11) is 2.22. The van der Waals surface area contributed by atoms with E-state index < -0.39 is 0 Å². The highest BCUT2D eigenvalue weighted by Crippen LogP contribution is 2.29. The molecule has 2 rings (SSSR count). The molecule has 2 aliphatic rings. The summed E-state index contributed by atoms with van der Waals surface area (Å²) < 4.78 is 0. The maximum atomic E-state index is 2.44. The fraction of sp³-hybridized carbons (Fsp3) is 0.636. The van der Waals surface area contributed by atoms with Crippen LogP contribution < -0.4 is 0 Å². The highest BCUT2D eigenvalue weighted by atomic mass is 15.1. The second-order valence-corrected chi connectivity index (χ2v) is 3.91. The molecule has 0 saturated heterocycles. The Labute approximate surface area is 74.8 Å². The number of hydrogen-bond acceptors (Lipinski definition) is 1. The molecule has 0 fully saturated rings. The fourth-order valence-corrected chi connectivity index (χ4v) is 2.18. The summed E-state index contributed by atoms with van der Waals surface area (Å²) >= 11 is 0. The molecule has 1 aliphatic carbocycles. The van der Waals surface area contributed by atoms with Crippen molar-refractivity contribution in [3.8, 4) is 0 Å². The van der Waals surface area contributed by atoms with Crippen LogP contribution in [0.1, 0.15) is 26.2 Å². The van der Waals surface area contributed by atoms with Crippen LogP contribution in [0.4, 0.5) is 0 Å². The van der Waals surface area contributed by atoms with E-state index in [0.29, 0.717) is 6.04 Å². The van der Waals surface area contributed by atoms with Crippen molar-refractivity contribution in [1.29, 1.82) is 0 Å². The molecule has 0 bridgehead atoms. The second-order valence-electron chi connectivity index (χ2n) is 3.91. The van der Waals surface area contributed by atoms with Gasteiger partial charge in [0, 0.05) is 12.6 Å². The van der Waals surface area contributed by atoms with E-state index in [1.54, 1.807) is 11.1 Å². The minimum atomic E-state index is 0.644. The Kier molecular flexibility index (Phi) is 2.05. The van der Waals surface area contributed by atoms with Crippen molar-refractivity contribution in [3.63, 3.8) is 0 Å². The molecule has 12 heavy (non-hydrogen) atoms. The number of allylic oxidation sites excluding steroid dienone is 1. The van der Waals surface area contributed by atoms with Crippen LogP contribution in [0.2, 0.25) is 0 Å². The largest absolute Gasteiger partial charge is 0.299 e. The van der Waals surface area contributed by atoms with Gasteiger partial charge in [0.1, 0.15) is 0 Å². The van der Waals surface area contributed by atoms with Gasteiger partial charge in [0.2, 0.25) is 0 Å². The highest BCUT2D eigenvalue weighted by molar-refractivity contribution is 5.35. The van der Waals surface area contributed by atoms with Crippen LogP contribution in [0.25, 0.3) is 0 Å². The van der Waals surface area contributed by atoms with Gasteiger partial charge in [0.15, 0.2) is 0 Å². The lowest BCUT2D eigenvalue weighted by Crippen LogP contribution is -2.36. The number of likely N-dealkylation sites (N-methyl/N-ethyl adjacent to an activating group) is 1. The van der Waals surface area contributed by atoms with Crippen LogP contribution in [-0.2, 0) is 0 Å². The Hall–Kier alpha value is -0.560. The van der Waals surface area contributed by atoms with Crippen molar-refractivity contribution >= 4 is 0 Å². The van der Waals surface area contributed by atoms with Gasteiger partial charge in [-0.3, -0.25) is 4.90 Å². The van der Waals surface area contributed by atoms with E-state index in [0.717, 1.165) is 0 Å². The first-order chi connectivity index (χ1) is 5.79. The lowest BCUT2D eigenvalue weighted by molar-refractivity contribution is 0.273. The Morgan fingerprint density at radius 3 is 3.08 bits per heavy atom. The zero-order valence-corrected chi connectivity index (χ0v) is 8.01. The van der Waals surface area contributed by atoms with E-state index in [9.17, 15) is 0 Å². The first-order valence-electron chi connectivity index (χ1n) is 4.88. The topological polar surface area (TPSA) is 3.24 Å². The molecule has 1 heteroatoms. The molecule has 1 heterocycles. The lowest BCUT2D eigenvalue weighted by Gasteiger charge is -2.34. The zero-order valence-electron chi connectivity index (χ0n) is 8.01. The van der Waals surface area contributed by atoms with Crippen molar-refractivity contribution in [2.45, 2.75) is 32.2 Å². The van der Waals surface area contributed by atoms with Gasteiger partial charge < -0.3 is 0 Å². The second kappa shape index (κ2) is 3.06. The van der Waals surface area contributed by atoms with Gasteiger partial charge in [-0.05, 0) is 38.8 Å². The molecule has 1 atom stereocenters. The van der Waals surface area contributed by atoms with E-state index in [4.69, 9.17) is 0 Å². The number of rotatable bonds is 0. The number of nitrogens with zero attached hydrogens (tertiary/aromatic N) is 1. The van der Waals surface area contributed by atoms with E-state index >= 15 is 0 Å². The van der Waals surface area contributed by atoms with Crippen molar-refractivity contribution in [1.82, 2.24) is 4.90 Å². The summed E-state index contributed by atoms with van der Waals surface area (Å²) in [5.41, 5.74) is 3.30. The van der Waals surface area contributed by atoms with E-state index in [-0.39, 0.29) is 0 Å². The average Bonchev–Trinajstić information content (AvgIpc) is 2.12. The molecule has 0 aromatic rings. The minimum Gasteiger partial charge on any atom is -0.299 e. The van der Waals surface area contributed by atoms with Gasteiger partial charge in [0.05, 0.1) is 0 Å². The summed E-state index contributed by atoms with van der Waals surface area (Å²) in [4.78, 5) is 2.44. The van der Waals surface area contributed by atoms with Crippen LogP contribution in [0.3, 0.4) is 0 Å².